The molecule has 0 aliphatic carbocycles. The van der Waals surface area contributed by atoms with Crippen LogP contribution in [0, 0.1) is 10.1 Å². The molecule has 0 saturated heterocycles. The largest absolute Gasteiger partial charge is 0.484 e. The second kappa shape index (κ2) is 13.7. The number of carbonyl (C=O) groups excluding carboxylic acids is 2. The summed E-state index contributed by atoms with van der Waals surface area (Å²) in [4.78, 5) is 34.8. The number of sulfonamides is 1. The molecule has 2 amide bonds. The summed E-state index contributed by atoms with van der Waals surface area (Å²) in [7, 11) is -4.50. The molecule has 13 nitrogen and oxygen atoms in total. The van der Waals surface area contributed by atoms with Crippen LogP contribution in [-0.4, -0.2) is 44.5 Å². The number of furan rings is 1. The van der Waals surface area contributed by atoms with Crippen LogP contribution in [0.3, 0.4) is 0 Å². The Labute approximate surface area is 240 Å². The van der Waals surface area contributed by atoms with E-state index in [4.69, 9.17) is 9.15 Å². The summed E-state index contributed by atoms with van der Waals surface area (Å²) in [6.07, 6.45) is 2.85. The predicted octanol–water partition coefficient (Wildman–Crippen LogP) is 3.23. The molecule has 3 aromatic carbocycles. The topological polar surface area (TPSA) is 173 Å². The van der Waals surface area contributed by atoms with Crippen molar-refractivity contribution >= 4 is 39.4 Å². The zero-order valence-electron chi connectivity index (χ0n) is 22.0. The Kier molecular flexibility index (Phi) is 9.63. The lowest BCUT2D eigenvalue weighted by molar-refractivity contribution is -0.387. The summed E-state index contributed by atoms with van der Waals surface area (Å²) in [5, 5.41) is 18.0. The number of ether oxygens (including phenoxy) is 1. The second-order valence-corrected chi connectivity index (χ2v) is 10.4. The first-order chi connectivity index (χ1) is 20.2. The minimum Gasteiger partial charge on any atom is -0.484 e. The van der Waals surface area contributed by atoms with E-state index in [9.17, 15) is 28.1 Å². The van der Waals surface area contributed by atoms with Crippen LogP contribution < -0.4 is 19.8 Å². The summed E-state index contributed by atoms with van der Waals surface area (Å²) < 4.78 is 38.3. The number of nitrogens with one attached hydrogen (secondary N) is 2. The van der Waals surface area contributed by atoms with Gasteiger partial charge in [-0.1, -0.05) is 30.3 Å². The van der Waals surface area contributed by atoms with Crippen molar-refractivity contribution in [1.82, 2.24) is 10.7 Å². The Bertz CT molecular complexity index is 1660. The summed E-state index contributed by atoms with van der Waals surface area (Å²) >= 11 is 0. The van der Waals surface area contributed by atoms with Gasteiger partial charge in [-0.2, -0.15) is 5.10 Å². The van der Waals surface area contributed by atoms with Gasteiger partial charge in [-0.05, 0) is 60.2 Å². The number of nitro benzene ring substituents is 1. The van der Waals surface area contributed by atoms with Crippen molar-refractivity contribution in [2.24, 2.45) is 5.10 Å². The zero-order chi connectivity index (χ0) is 30.0. The van der Waals surface area contributed by atoms with E-state index < -0.39 is 38.0 Å². The first-order valence-electron chi connectivity index (χ1n) is 12.4. The number of carbonyl (C=O) groups is 2. The molecule has 2 N–H and O–H groups in total. The van der Waals surface area contributed by atoms with Crippen molar-refractivity contribution in [3.05, 3.63) is 119 Å². The zero-order valence-corrected chi connectivity index (χ0v) is 22.8. The van der Waals surface area contributed by atoms with Crippen molar-refractivity contribution in [3.8, 4) is 5.75 Å². The highest BCUT2D eigenvalue weighted by atomic mass is 32.2. The van der Waals surface area contributed by atoms with Crippen LogP contribution >= 0.6 is 0 Å². The number of nitro groups is 1. The molecule has 0 aliphatic heterocycles. The van der Waals surface area contributed by atoms with E-state index >= 15 is 0 Å². The summed E-state index contributed by atoms with van der Waals surface area (Å²) in [6.45, 7) is -0.640. The SMILES string of the molecule is O=C(COc1ccc(/C=N\NC(=O)CN(c2ccccc2)S(=O)(=O)c2ccccc2[N+](=O)[O-])cc1)NCc1ccco1. The van der Waals surface area contributed by atoms with Gasteiger partial charge < -0.3 is 14.5 Å². The highest BCUT2D eigenvalue weighted by Gasteiger charge is 2.33. The molecule has 0 atom stereocenters. The van der Waals surface area contributed by atoms with Crippen LogP contribution in [0.5, 0.6) is 5.75 Å². The fourth-order valence-corrected chi connectivity index (χ4v) is 5.23. The van der Waals surface area contributed by atoms with Crippen molar-refractivity contribution in [2.45, 2.75) is 11.4 Å². The van der Waals surface area contributed by atoms with Crippen molar-refractivity contribution in [1.29, 1.82) is 0 Å². The highest BCUT2D eigenvalue weighted by Crippen LogP contribution is 2.29. The summed E-state index contributed by atoms with van der Waals surface area (Å²) in [5.74, 6) is -0.0531. The standard InChI is InChI=1S/C28H25N5O8S/c34-27(19-32(22-7-2-1-3-8-22)42(38,39)26-11-5-4-10-25(26)33(36)37)31-30-17-21-12-14-23(15-13-21)41-20-28(35)29-18-24-9-6-16-40-24/h1-17H,18-20H2,(H,29,35)(H,31,34)/b30-17-. The molecule has 0 aliphatic rings. The summed E-state index contributed by atoms with van der Waals surface area (Å²) in [6, 6.07) is 22.6. The molecule has 14 heteroatoms. The lowest BCUT2D eigenvalue weighted by Crippen LogP contribution is -2.39. The highest BCUT2D eigenvalue weighted by molar-refractivity contribution is 7.93. The van der Waals surface area contributed by atoms with Crippen molar-refractivity contribution < 1.29 is 32.1 Å². The molecule has 42 heavy (non-hydrogen) atoms. The molecule has 0 radical (unpaired) electrons. The number of hydrogen-bond acceptors (Lipinski definition) is 9. The van der Waals surface area contributed by atoms with E-state index in [2.05, 4.69) is 15.8 Å². The van der Waals surface area contributed by atoms with Crippen LogP contribution in [0.4, 0.5) is 11.4 Å². The van der Waals surface area contributed by atoms with Crippen LogP contribution in [0.1, 0.15) is 11.3 Å². The number of hydrogen-bond donors (Lipinski definition) is 2. The minimum atomic E-state index is -4.50. The normalized spacial score (nSPS) is 11.1. The van der Waals surface area contributed by atoms with Crippen LogP contribution in [0.15, 0.2) is 112 Å². The molecule has 216 valence electrons. The van der Waals surface area contributed by atoms with Crippen LogP contribution in [0.25, 0.3) is 0 Å². The van der Waals surface area contributed by atoms with E-state index in [1.54, 1.807) is 54.6 Å². The Morgan fingerprint density at radius 3 is 2.36 bits per heavy atom. The van der Waals surface area contributed by atoms with Gasteiger partial charge in [-0.3, -0.25) is 24.0 Å². The van der Waals surface area contributed by atoms with Gasteiger partial charge in [0.1, 0.15) is 18.1 Å². The Morgan fingerprint density at radius 1 is 0.952 bits per heavy atom. The summed E-state index contributed by atoms with van der Waals surface area (Å²) in [5.41, 5.74) is 2.38. The third-order valence-corrected chi connectivity index (χ3v) is 7.48. The molecule has 1 heterocycles. The van der Waals surface area contributed by atoms with E-state index in [1.165, 1.54) is 36.7 Å². The molecule has 1 aromatic heterocycles. The minimum absolute atomic E-state index is 0.139. The number of benzene rings is 3. The van der Waals surface area contributed by atoms with Gasteiger partial charge in [0.2, 0.25) is 0 Å². The van der Waals surface area contributed by atoms with E-state index in [-0.39, 0.29) is 24.7 Å². The van der Waals surface area contributed by atoms with Crippen molar-refractivity contribution in [2.75, 3.05) is 17.5 Å². The predicted molar refractivity (Wildman–Crippen MR) is 152 cm³/mol. The van der Waals surface area contributed by atoms with E-state index in [1.807, 2.05) is 0 Å². The Morgan fingerprint density at radius 2 is 1.67 bits per heavy atom. The average molecular weight is 592 g/mol. The van der Waals surface area contributed by atoms with Crippen molar-refractivity contribution in [3.63, 3.8) is 0 Å². The fourth-order valence-electron chi connectivity index (χ4n) is 3.65. The molecule has 0 unspecified atom stereocenters. The van der Waals surface area contributed by atoms with Crippen LogP contribution in [-0.2, 0) is 26.2 Å². The fraction of sp³-hybridized carbons (Fsp3) is 0.107. The number of rotatable bonds is 13. The molecule has 0 spiro atoms. The Hall–Kier alpha value is -5.50. The molecule has 4 aromatic rings. The van der Waals surface area contributed by atoms with Crippen LogP contribution in [0.2, 0.25) is 0 Å². The Balaban J connectivity index is 1.36. The third-order valence-electron chi connectivity index (χ3n) is 5.65. The lowest BCUT2D eigenvalue weighted by atomic mass is 10.2. The van der Waals surface area contributed by atoms with E-state index in [0.717, 1.165) is 16.4 Å². The number of nitrogens with zero attached hydrogens (tertiary/aromatic N) is 3. The number of hydrazone groups is 1. The maximum atomic E-state index is 13.5. The first-order valence-corrected chi connectivity index (χ1v) is 13.8. The smallest absolute Gasteiger partial charge is 0.289 e. The van der Waals surface area contributed by atoms with E-state index in [0.29, 0.717) is 17.1 Å². The van der Waals surface area contributed by atoms with Gasteiger partial charge in [0.05, 0.1) is 29.6 Å². The van der Waals surface area contributed by atoms with Gasteiger partial charge in [0, 0.05) is 6.07 Å². The molecule has 0 bridgehead atoms. The van der Waals surface area contributed by atoms with Gasteiger partial charge >= 0.3 is 0 Å². The number of para-hydroxylation sites is 2. The molecule has 4 rings (SSSR count). The molecular weight excluding hydrogens is 566 g/mol. The maximum absolute atomic E-state index is 13.5. The van der Waals surface area contributed by atoms with Gasteiger partial charge in [-0.15, -0.1) is 0 Å². The number of amides is 2. The second-order valence-electron chi connectivity index (χ2n) is 8.58. The van der Waals surface area contributed by atoms with Gasteiger partial charge in [0.15, 0.2) is 11.5 Å². The quantitative estimate of drug-likeness (QED) is 0.135. The molecular formula is C28H25N5O8S. The first kappa shape index (κ1) is 29.5. The number of anilines is 1. The molecule has 0 saturated carbocycles. The van der Waals surface area contributed by atoms with Gasteiger partial charge in [0.25, 0.3) is 27.5 Å². The average Bonchev–Trinajstić information content (AvgIpc) is 3.52. The third kappa shape index (κ3) is 7.79. The lowest BCUT2D eigenvalue weighted by Gasteiger charge is -2.23. The van der Waals surface area contributed by atoms with Gasteiger partial charge in [-0.25, -0.2) is 13.8 Å². The molecule has 0 fully saturated rings. The maximum Gasteiger partial charge on any atom is 0.289 e. The monoisotopic (exact) mass is 591 g/mol.